The lowest BCUT2D eigenvalue weighted by Crippen LogP contribution is -2.37. The number of carboxylic acid groups (broad SMARTS) is 1. The first-order chi connectivity index (χ1) is 8.22. The molecule has 3 nitrogen and oxygen atoms in total. The van der Waals surface area contributed by atoms with Crippen molar-refractivity contribution in [3.63, 3.8) is 0 Å². The Hall–Kier alpha value is -1.79. The summed E-state index contributed by atoms with van der Waals surface area (Å²) in [7, 11) is 0. The van der Waals surface area contributed by atoms with E-state index in [0.717, 1.165) is 17.7 Å². The van der Waals surface area contributed by atoms with Crippen LogP contribution in [-0.4, -0.2) is 29.1 Å². The third-order valence-electron chi connectivity index (χ3n) is 3.04. The summed E-state index contributed by atoms with van der Waals surface area (Å²) in [6, 6.07) is 7.76. The molecule has 0 aromatic heterocycles. The average Bonchev–Trinajstić information content (AvgIpc) is 2.35. The van der Waals surface area contributed by atoms with Gasteiger partial charge in [-0.2, -0.15) is 0 Å². The predicted octanol–water partition coefficient (Wildman–Crippen LogP) is 1.69. The van der Waals surface area contributed by atoms with E-state index in [2.05, 4.69) is 16.7 Å². The van der Waals surface area contributed by atoms with Crippen LogP contribution >= 0.6 is 0 Å². The highest BCUT2D eigenvalue weighted by Gasteiger charge is 2.29. The number of hydrogen-bond donors (Lipinski definition) is 1. The Labute approximate surface area is 101 Å². The van der Waals surface area contributed by atoms with Crippen molar-refractivity contribution in [1.82, 2.24) is 4.90 Å². The first-order valence-corrected chi connectivity index (χ1v) is 5.65. The molecule has 1 atom stereocenters. The van der Waals surface area contributed by atoms with Crippen LogP contribution < -0.4 is 0 Å². The first kappa shape index (κ1) is 11.7. The Bertz CT molecular complexity index is 484. The SMILES string of the molecule is CC#CCN1Cc2ccccc2C(C(=O)O)C1. The zero-order valence-corrected chi connectivity index (χ0v) is 9.81. The summed E-state index contributed by atoms with van der Waals surface area (Å²) in [6.07, 6.45) is 0. The molecule has 0 amide bonds. The molecule has 1 aromatic carbocycles. The van der Waals surface area contributed by atoms with E-state index in [1.807, 2.05) is 24.3 Å². The molecule has 0 saturated heterocycles. The van der Waals surface area contributed by atoms with Crippen LogP contribution in [0.2, 0.25) is 0 Å². The third kappa shape index (κ3) is 2.48. The highest BCUT2D eigenvalue weighted by molar-refractivity contribution is 5.77. The third-order valence-corrected chi connectivity index (χ3v) is 3.04. The van der Waals surface area contributed by atoms with Gasteiger partial charge in [0.15, 0.2) is 0 Å². The lowest BCUT2D eigenvalue weighted by molar-refractivity contribution is -0.139. The van der Waals surface area contributed by atoms with Crippen LogP contribution in [0.4, 0.5) is 0 Å². The molecule has 1 N–H and O–H groups in total. The quantitative estimate of drug-likeness (QED) is 0.785. The number of aliphatic carboxylic acids is 1. The molecule has 1 aromatic rings. The van der Waals surface area contributed by atoms with Gasteiger partial charge in [-0.05, 0) is 18.1 Å². The number of fused-ring (bicyclic) bond motifs is 1. The van der Waals surface area contributed by atoms with Gasteiger partial charge in [-0.25, -0.2) is 0 Å². The van der Waals surface area contributed by atoms with Crippen LogP contribution in [0.5, 0.6) is 0 Å². The van der Waals surface area contributed by atoms with Gasteiger partial charge in [0.05, 0.1) is 12.5 Å². The molecular weight excluding hydrogens is 214 g/mol. The Kier molecular flexibility index (Phi) is 3.46. The summed E-state index contributed by atoms with van der Waals surface area (Å²) in [5.41, 5.74) is 2.05. The first-order valence-electron chi connectivity index (χ1n) is 5.65. The molecule has 3 heteroatoms. The molecule has 0 radical (unpaired) electrons. The fraction of sp³-hybridized carbons (Fsp3) is 0.357. The summed E-state index contributed by atoms with van der Waals surface area (Å²) >= 11 is 0. The van der Waals surface area contributed by atoms with E-state index >= 15 is 0 Å². The Morgan fingerprint density at radius 3 is 3.00 bits per heavy atom. The van der Waals surface area contributed by atoms with Crippen LogP contribution in [0, 0.1) is 11.8 Å². The molecule has 2 rings (SSSR count). The number of carboxylic acids is 1. The minimum atomic E-state index is -0.758. The van der Waals surface area contributed by atoms with E-state index in [0.29, 0.717) is 13.1 Å². The van der Waals surface area contributed by atoms with E-state index in [-0.39, 0.29) is 0 Å². The largest absolute Gasteiger partial charge is 0.481 e. The standard InChI is InChI=1S/C14H15NO2/c1-2-3-8-15-9-11-6-4-5-7-12(11)13(10-15)14(16)17/h4-7,13H,8-10H2,1H3,(H,16,17). The van der Waals surface area contributed by atoms with Crippen LogP contribution in [0.3, 0.4) is 0 Å². The van der Waals surface area contributed by atoms with Gasteiger partial charge in [0.25, 0.3) is 0 Å². The van der Waals surface area contributed by atoms with E-state index < -0.39 is 11.9 Å². The fourth-order valence-corrected chi connectivity index (χ4v) is 2.20. The predicted molar refractivity (Wildman–Crippen MR) is 65.5 cm³/mol. The van der Waals surface area contributed by atoms with Gasteiger partial charge in [-0.15, -0.1) is 5.92 Å². The molecule has 0 spiro atoms. The van der Waals surface area contributed by atoms with Gasteiger partial charge in [-0.1, -0.05) is 30.2 Å². The zero-order valence-electron chi connectivity index (χ0n) is 9.81. The lowest BCUT2D eigenvalue weighted by atomic mass is 9.90. The number of benzene rings is 1. The maximum absolute atomic E-state index is 11.3. The van der Waals surface area contributed by atoms with E-state index in [1.54, 1.807) is 6.92 Å². The molecule has 1 aliphatic heterocycles. The summed E-state index contributed by atoms with van der Waals surface area (Å²) in [5, 5.41) is 9.27. The topological polar surface area (TPSA) is 40.5 Å². The molecule has 1 unspecified atom stereocenters. The monoisotopic (exact) mass is 229 g/mol. The van der Waals surface area contributed by atoms with Crippen LogP contribution in [0.1, 0.15) is 24.0 Å². The second kappa shape index (κ2) is 5.03. The van der Waals surface area contributed by atoms with Crippen molar-refractivity contribution in [3.8, 4) is 11.8 Å². The Morgan fingerprint density at radius 2 is 2.29 bits per heavy atom. The molecule has 0 saturated carbocycles. The highest BCUT2D eigenvalue weighted by Crippen LogP contribution is 2.27. The molecule has 0 fully saturated rings. The summed E-state index contributed by atoms with van der Waals surface area (Å²) < 4.78 is 0. The second-order valence-corrected chi connectivity index (χ2v) is 4.19. The highest BCUT2D eigenvalue weighted by atomic mass is 16.4. The maximum atomic E-state index is 11.3. The van der Waals surface area contributed by atoms with Crippen LogP contribution in [0.15, 0.2) is 24.3 Å². The molecular formula is C14H15NO2. The van der Waals surface area contributed by atoms with Crippen molar-refractivity contribution in [2.75, 3.05) is 13.1 Å². The average molecular weight is 229 g/mol. The van der Waals surface area contributed by atoms with Crippen molar-refractivity contribution < 1.29 is 9.90 Å². The second-order valence-electron chi connectivity index (χ2n) is 4.19. The minimum absolute atomic E-state index is 0.432. The van der Waals surface area contributed by atoms with Crippen molar-refractivity contribution >= 4 is 5.97 Å². The van der Waals surface area contributed by atoms with Gasteiger partial charge in [0, 0.05) is 13.1 Å². The summed E-state index contributed by atoms with van der Waals surface area (Å²) in [6.45, 7) is 3.76. The van der Waals surface area contributed by atoms with Gasteiger partial charge >= 0.3 is 5.97 Å². The van der Waals surface area contributed by atoms with Crippen molar-refractivity contribution in [2.45, 2.75) is 19.4 Å². The van der Waals surface area contributed by atoms with Gasteiger partial charge in [-0.3, -0.25) is 9.69 Å². The molecule has 0 bridgehead atoms. The molecule has 17 heavy (non-hydrogen) atoms. The van der Waals surface area contributed by atoms with Gasteiger partial charge in [0.1, 0.15) is 0 Å². The number of rotatable bonds is 2. The summed E-state index contributed by atoms with van der Waals surface area (Å²) in [4.78, 5) is 13.4. The fourth-order valence-electron chi connectivity index (χ4n) is 2.20. The van der Waals surface area contributed by atoms with Crippen LogP contribution in [0.25, 0.3) is 0 Å². The number of hydrogen-bond acceptors (Lipinski definition) is 2. The Balaban J connectivity index is 2.28. The summed E-state index contributed by atoms with van der Waals surface area (Å²) in [5.74, 6) is 4.65. The van der Waals surface area contributed by atoms with Crippen LogP contribution in [-0.2, 0) is 11.3 Å². The van der Waals surface area contributed by atoms with Crippen molar-refractivity contribution in [2.24, 2.45) is 0 Å². The number of nitrogens with zero attached hydrogens (tertiary/aromatic N) is 1. The van der Waals surface area contributed by atoms with E-state index in [1.165, 1.54) is 0 Å². The van der Waals surface area contributed by atoms with Gasteiger partial charge < -0.3 is 5.11 Å². The van der Waals surface area contributed by atoms with Gasteiger partial charge in [0.2, 0.25) is 0 Å². The molecule has 1 heterocycles. The minimum Gasteiger partial charge on any atom is -0.481 e. The normalized spacial score (nSPS) is 19.0. The van der Waals surface area contributed by atoms with Crippen molar-refractivity contribution in [1.29, 1.82) is 0 Å². The maximum Gasteiger partial charge on any atom is 0.312 e. The molecule has 88 valence electrons. The lowest BCUT2D eigenvalue weighted by Gasteiger charge is -2.31. The zero-order chi connectivity index (χ0) is 12.3. The van der Waals surface area contributed by atoms with Crippen molar-refractivity contribution in [3.05, 3.63) is 35.4 Å². The van der Waals surface area contributed by atoms with E-state index in [9.17, 15) is 9.90 Å². The molecule has 1 aliphatic rings. The number of carbonyl (C=O) groups is 1. The Morgan fingerprint density at radius 1 is 1.53 bits per heavy atom. The van der Waals surface area contributed by atoms with E-state index in [4.69, 9.17) is 0 Å². The molecule has 0 aliphatic carbocycles. The smallest absolute Gasteiger partial charge is 0.312 e.